The normalized spacial score (nSPS) is 9.60. The Balaban J connectivity index is 0.00000112. The summed E-state index contributed by atoms with van der Waals surface area (Å²) < 4.78 is 0. The summed E-state index contributed by atoms with van der Waals surface area (Å²) in [6.45, 7) is 0. The maximum Gasteiger partial charge on any atom is 1.00 e. The molecule has 5 heteroatoms. The van der Waals surface area contributed by atoms with Crippen LogP contribution >= 0.6 is 0 Å². The van der Waals surface area contributed by atoms with E-state index in [1.54, 1.807) is 24.3 Å². The molecule has 0 saturated heterocycles. The molecule has 15 heavy (non-hydrogen) atoms. The monoisotopic (exact) mass is 195 g/mol. The molecule has 0 radical (unpaired) electrons. The van der Waals surface area contributed by atoms with Crippen LogP contribution < -0.4 is 24.0 Å². The van der Waals surface area contributed by atoms with Gasteiger partial charge in [0.25, 0.3) is 0 Å². The summed E-state index contributed by atoms with van der Waals surface area (Å²) in [6.07, 6.45) is 0. The fraction of sp³-hybridized carbons (Fsp3) is 0. The second kappa shape index (κ2) is 4.35. The predicted octanol–water partition coefficient (Wildman–Crippen LogP) is -2.69. The Morgan fingerprint density at radius 1 is 1.33 bits per heavy atom. The van der Waals surface area contributed by atoms with Crippen molar-refractivity contribution in [3.05, 3.63) is 36.0 Å². The number of hydrogen-bond acceptors (Lipinski definition) is 4. The molecule has 70 valence electrons. The molecule has 0 aliphatic rings. The molecule has 0 spiro atoms. The summed E-state index contributed by atoms with van der Waals surface area (Å²) in [5.74, 6) is -1.85. The van der Waals surface area contributed by atoms with E-state index in [0.29, 0.717) is 10.9 Å². The number of fused-ring (bicyclic) bond motifs is 1. The number of benzene rings is 1. The maximum absolute atomic E-state index is 10.5. The van der Waals surface area contributed by atoms with Gasteiger partial charge in [-0.25, -0.2) is 4.98 Å². The Hall–Kier alpha value is -1.50. The largest absolute Gasteiger partial charge is 1.00 e. The van der Waals surface area contributed by atoms with Gasteiger partial charge in [-0.15, -0.1) is 0 Å². The Morgan fingerprint density at radius 2 is 2.00 bits per heavy atom. The van der Waals surface area contributed by atoms with E-state index in [1.165, 1.54) is 6.07 Å². The third kappa shape index (κ3) is 2.12. The summed E-state index contributed by atoms with van der Waals surface area (Å²) in [6, 6.07) is 8.28. The molecule has 0 aliphatic heterocycles. The van der Waals surface area contributed by atoms with Gasteiger partial charge in [0.15, 0.2) is 0 Å². The number of carboxylic acid groups (broad SMARTS) is 1. The first-order chi connectivity index (χ1) is 6.68. The van der Waals surface area contributed by atoms with Gasteiger partial charge < -0.3 is 15.0 Å². The van der Waals surface area contributed by atoms with Crippen LogP contribution in [0.25, 0.3) is 10.9 Å². The topological polar surface area (TPSA) is 73.2 Å². The Bertz CT molecular complexity index is 513. The number of pyridine rings is 1. The van der Waals surface area contributed by atoms with E-state index in [-0.39, 0.29) is 24.6 Å². The number of aromatic carboxylic acids is 1. The van der Waals surface area contributed by atoms with Crippen LogP contribution in [0.4, 0.5) is 0 Å². The molecule has 1 aromatic carbocycles. The number of hydrogen-bond donors (Lipinski definition) is 1. The predicted molar refractivity (Wildman–Crippen MR) is 47.7 cm³/mol. The van der Waals surface area contributed by atoms with Crippen molar-refractivity contribution in [2.75, 3.05) is 0 Å². The van der Waals surface area contributed by atoms with Crippen LogP contribution in [0.2, 0.25) is 0 Å². The molecule has 1 N–H and O–H groups in total. The number of aromatic nitrogens is 1. The Morgan fingerprint density at radius 3 is 2.67 bits per heavy atom. The number of aromatic hydroxyl groups is 1. The van der Waals surface area contributed by atoms with Crippen LogP contribution in [-0.2, 0) is 0 Å². The van der Waals surface area contributed by atoms with Gasteiger partial charge in [-0.1, -0.05) is 18.2 Å². The molecule has 0 atom stereocenters. The summed E-state index contributed by atoms with van der Waals surface area (Å²) in [7, 11) is 0. The summed E-state index contributed by atoms with van der Waals surface area (Å²) >= 11 is 0. The molecular weight excluding hydrogens is 189 g/mol. The second-order valence-electron chi connectivity index (χ2n) is 2.84. The van der Waals surface area contributed by atoms with E-state index in [2.05, 4.69) is 4.98 Å². The summed E-state index contributed by atoms with van der Waals surface area (Å²) in [5.41, 5.74) is 0.0909. The minimum absolute atomic E-state index is 0. The van der Waals surface area contributed by atoms with Crippen molar-refractivity contribution in [1.82, 2.24) is 4.98 Å². The molecule has 0 saturated carbocycles. The van der Waals surface area contributed by atoms with Crippen molar-refractivity contribution in [2.24, 2.45) is 0 Å². The van der Waals surface area contributed by atoms with Crippen molar-refractivity contribution in [2.45, 2.75) is 0 Å². The van der Waals surface area contributed by atoms with Gasteiger partial charge in [0.2, 0.25) is 0 Å². The zero-order valence-corrected chi connectivity index (χ0v) is 8.10. The zero-order valence-electron chi connectivity index (χ0n) is 8.10. The first kappa shape index (κ1) is 11.6. The van der Waals surface area contributed by atoms with E-state index in [0.717, 1.165) is 0 Å². The molecule has 0 amide bonds. The molecule has 1 heterocycles. The number of para-hydroxylation sites is 1. The first-order valence-electron chi connectivity index (χ1n) is 3.98. The third-order valence-electron chi connectivity index (χ3n) is 1.90. The molecule has 4 nitrogen and oxygen atoms in total. The van der Waals surface area contributed by atoms with Crippen molar-refractivity contribution < 1.29 is 33.9 Å². The SMILES string of the molecule is O=C([O-])c1nc2ccccc2cc1O.[Li+]. The van der Waals surface area contributed by atoms with E-state index in [4.69, 9.17) is 0 Å². The van der Waals surface area contributed by atoms with E-state index < -0.39 is 11.7 Å². The van der Waals surface area contributed by atoms with Crippen LogP contribution in [0.15, 0.2) is 30.3 Å². The smallest absolute Gasteiger partial charge is 0.543 e. The summed E-state index contributed by atoms with van der Waals surface area (Å²) in [5, 5.41) is 20.5. The van der Waals surface area contributed by atoms with Gasteiger partial charge >= 0.3 is 18.9 Å². The maximum atomic E-state index is 10.5. The third-order valence-corrected chi connectivity index (χ3v) is 1.90. The number of carboxylic acids is 1. The van der Waals surface area contributed by atoms with Crippen molar-refractivity contribution in [1.29, 1.82) is 0 Å². The molecule has 0 aliphatic carbocycles. The molecular formula is C10H6LiNO3. The van der Waals surface area contributed by atoms with Gasteiger partial charge in [0.05, 0.1) is 11.5 Å². The van der Waals surface area contributed by atoms with E-state index in [1.807, 2.05) is 0 Å². The van der Waals surface area contributed by atoms with Gasteiger partial charge in [0, 0.05) is 5.39 Å². The average molecular weight is 195 g/mol. The molecule has 1 aromatic heterocycles. The average Bonchev–Trinajstić information content (AvgIpc) is 2.16. The van der Waals surface area contributed by atoms with E-state index in [9.17, 15) is 15.0 Å². The standard InChI is InChI=1S/C10H7NO3.Li/c12-8-5-6-3-1-2-4-7(6)11-9(8)10(13)14;/h1-5,12H,(H,13,14);/q;+1/p-1. The van der Waals surface area contributed by atoms with Crippen molar-refractivity contribution in [3.63, 3.8) is 0 Å². The number of nitrogens with zero attached hydrogens (tertiary/aromatic N) is 1. The first-order valence-corrected chi connectivity index (χ1v) is 3.98. The van der Waals surface area contributed by atoms with Crippen LogP contribution in [0, 0.1) is 0 Å². The van der Waals surface area contributed by atoms with Crippen LogP contribution in [0.3, 0.4) is 0 Å². The number of carbonyl (C=O) groups excluding carboxylic acids is 1. The zero-order chi connectivity index (χ0) is 10.1. The Kier molecular flexibility index (Phi) is 3.35. The van der Waals surface area contributed by atoms with Crippen LogP contribution in [-0.4, -0.2) is 16.1 Å². The van der Waals surface area contributed by atoms with Gasteiger partial charge in [-0.2, -0.15) is 0 Å². The van der Waals surface area contributed by atoms with Gasteiger partial charge in [-0.05, 0) is 12.1 Å². The van der Waals surface area contributed by atoms with Crippen molar-refractivity contribution in [3.8, 4) is 5.75 Å². The molecule has 0 fully saturated rings. The second-order valence-corrected chi connectivity index (χ2v) is 2.84. The summed E-state index contributed by atoms with van der Waals surface area (Å²) in [4.78, 5) is 14.3. The fourth-order valence-electron chi connectivity index (χ4n) is 1.25. The molecule has 2 aromatic rings. The van der Waals surface area contributed by atoms with E-state index >= 15 is 0 Å². The Labute approximate surface area is 97.7 Å². The quantitative estimate of drug-likeness (QED) is 0.503. The van der Waals surface area contributed by atoms with Crippen molar-refractivity contribution >= 4 is 16.9 Å². The molecule has 0 bridgehead atoms. The molecule has 0 unspecified atom stereocenters. The molecule has 2 rings (SSSR count). The fourth-order valence-corrected chi connectivity index (χ4v) is 1.25. The number of carbonyl (C=O) groups is 1. The minimum atomic E-state index is -1.48. The number of rotatable bonds is 1. The van der Waals surface area contributed by atoms with Gasteiger partial charge in [-0.3, -0.25) is 0 Å². The van der Waals surface area contributed by atoms with Crippen LogP contribution in [0.1, 0.15) is 10.5 Å². The minimum Gasteiger partial charge on any atom is -0.543 e. The van der Waals surface area contributed by atoms with Gasteiger partial charge in [0.1, 0.15) is 11.4 Å². The van der Waals surface area contributed by atoms with Crippen LogP contribution in [0.5, 0.6) is 5.75 Å².